The second kappa shape index (κ2) is 5.41. The summed E-state index contributed by atoms with van der Waals surface area (Å²) in [5, 5.41) is 1.31. The number of carbonyl (C=O) groups excluding carboxylic acids is 1. The van der Waals surface area contributed by atoms with Gasteiger partial charge in [-0.05, 0) is 35.7 Å². The van der Waals surface area contributed by atoms with Crippen LogP contribution in [0.4, 0.5) is 0 Å². The van der Waals surface area contributed by atoms with E-state index in [2.05, 4.69) is 15.9 Å². The topological polar surface area (TPSA) is 69.7 Å². The van der Waals surface area contributed by atoms with Crippen molar-refractivity contribution in [2.75, 3.05) is 13.4 Å². The van der Waals surface area contributed by atoms with Crippen LogP contribution in [0.25, 0.3) is 10.8 Å². The van der Waals surface area contributed by atoms with Gasteiger partial charge < -0.3 is 8.92 Å². The lowest BCUT2D eigenvalue weighted by atomic mass is 10.0. The van der Waals surface area contributed by atoms with Crippen LogP contribution < -0.4 is 4.18 Å². The van der Waals surface area contributed by atoms with Crippen molar-refractivity contribution >= 4 is 42.8 Å². The molecular formula is C13H11BrO5S. The van der Waals surface area contributed by atoms with Crippen molar-refractivity contribution in [1.29, 1.82) is 0 Å². The highest BCUT2D eigenvalue weighted by atomic mass is 79.9. The standard InChI is InChI=1S/C13H11BrO5S/c1-18-13(15)10-5-6-12(14)9-4-3-8(7-11(9)10)19-20(2,16)17/h3-7H,1-2H3. The zero-order valence-electron chi connectivity index (χ0n) is 10.7. The highest BCUT2D eigenvalue weighted by Gasteiger charge is 2.14. The lowest BCUT2D eigenvalue weighted by molar-refractivity contribution is 0.0603. The lowest BCUT2D eigenvalue weighted by Gasteiger charge is -2.09. The molecule has 0 spiro atoms. The van der Waals surface area contributed by atoms with Crippen LogP contribution in [0.3, 0.4) is 0 Å². The lowest BCUT2D eigenvalue weighted by Crippen LogP contribution is -2.06. The summed E-state index contributed by atoms with van der Waals surface area (Å²) in [7, 11) is -2.34. The molecule has 0 aliphatic rings. The number of esters is 1. The molecule has 2 aromatic rings. The van der Waals surface area contributed by atoms with Gasteiger partial charge in [-0.3, -0.25) is 0 Å². The van der Waals surface area contributed by atoms with E-state index in [4.69, 9.17) is 8.92 Å². The Bertz CT molecular complexity index is 783. The van der Waals surface area contributed by atoms with Crippen LogP contribution in [0, 0.1) is 0 Å². The summed E-state index contributed by atoms with van der Waals surface area (Å²) in [5.74, 6) is -0.359. The number of hydrogen-bond acceptors (Lipinski definition) is 5. The molecule has 2 aromatic carbocycles. The van der Waals surface area contributed by atoms with E-state index in [0.29, 0.717) is 10.9 Å². The Kier molecular flexibility index (Phi) is 4.01. The molecule has 0 aromatic heterocycles. The zero-order valence-corrected chi connectivity index (χ0v) is 13.1. The molecule has 0 aliphatic carbocycles. The molecule has 0 aliphatic heterocycles. The van der Waals surface area contributed by atoms with E-state index in [1.807, 2.05) is 0 Å². The molecule has 0 N–H and O–H groups in total. The van der Waals surface area contributed by atoms with Crippen LogP contribution in [-0.2, 0) is 14.9 Å². The summed E-state index contributed by atoms with van der Waals surface area (Å²) >= 11 is 3.38. The fourth-order valence-electron chi connectivity index (χ4n) is 1.81. The number of rotatable bonds is 3. The Morgan fingerprint density at radius 2 is 1.85 bits per heavy atom. The molecule has 0 atom stereocenters. The van der Waals surface area contributed by atoms with Gasteiger partial charge in [0.1, 0.15) is 5.75 Å². The fourth-order valence-corrected chi connectivity index (χ4v) is 2.74. The second-order valence-corrected chi connectivity index (χ2v) is 6.51. The highest BCUT2D eigenvalue weighted by molar-refractivity contribution is 9.10. The molecule has 0 unspecified atom stereocenters. The minimum Gasteiger partial charge on any atom is -0.465 e. The Morgan fingerprint density at radius 1 is 1.15 bits per heavy atom. The van der Waals surface area contributed by atoms with Crippen molar-refractivity contribution in [3.05, 3.63) is 40.4 Å². The first kappa shape index (κ1) is 14.8. The van der Waals surface area contributed by atoms with Gasteiger partial charge in [0, 0.05) is 9.86 Å². The van der Waals surface area contributed by atoms with E-state index in [1.165, 1.54) is 19.2 Å². The smallest absolute Gasteiger partial charge is 0.338 e. The number of hydrogen-bond donors (Lipinski definition) is 0. The van der Waals surface area contributed by atoms with Crippen LogP contribution in [0.1, 0.15) is 10.4 Å². The van der Waals surface area contributed by atoms with E-state index in [-0.39, 0.29) is 5.75 Å². The molecule has 20 heavy (non-hydrogen) atoms. The van der Waals surface area contributed by atoms with Crippen molar-refractivity contribution in [2.45, 2.75) is 0 Å². The minimum atomic E-state index is -3.62. The van der Waals surface area contributed by atoms with Crippen molar-refractivity contribution in [2.24, 2.45) is 0 Å². The summed E-state index contributed by atoms with van der Waals surface area (Å²) < 4.78 is 32.6. The Labute approximate surface area is 124 Å². The van der Waals surface area contributed by atoms with Crippen LogP contribution in [0.15, 0.2) is 34.8 Å². The van der Waals surface area contributed by atoms with Crippen molar-refractivity contribution in [3.8, 4) is 5.75 Å². The average Bonchev–Trinajstić information content (AvgIpc) is 2.36. The van der Waals surface area contributed by atoms with Crippen LogP contribution in [-0.4, -0.2) is 27.8 Å². The van der Waals surface area contributed by atoms with Crippen LogP contribution >= 0.6 is 15.9 Å². The van der Waals surface area contributed by atoms with Gasteiger partial charge in [-0.1, -0.05) is 15.9 Å². The molecule has 0 saturated heterocycles. The van der Waals surface area contributed by atoms with Gasteiger partial charge in [-0.25, -0.2) is 4.79 Å². The number of benzene rings is 2. The number of carbonyl (C=O) groups is 1. The van der Waals surface area contributed by atoms with E-state index in [9.17, 15) is 13.2 Å². The second-order valence-electron chi connectivity index (χ2n) is 4.08. The first-order valence-corrected chi connectivity index (χ1v) is 8.13. The number of halogens is 1. The largest absolute Gasteiger partial charge is 0.465 e. The van der Waals surface area contributed by atoms with Crippen LogP contribution in [0.2, 0.25) is 0 Å². The summed E-state index contributed by atoms with van der Waals surface area (Å²) in [6.07, 6.45) is 0.958. The molecular weight excluding hydrogens is 348 g/mol. The first-order chi connectivity index (χ1) is 9.31. The van der Waals surface area contributed by atoms with Gasteiger partial charge in [0.25, 0.3) is 0 Å². The predicted octanol–water partition coefficient (Wildman–Crippen LogP) is 2.73. The maximum atomic E-state index is 11.7. The summed E-state index contributed by atoms with van der Waals surface area (Å²) in [4.78, 5) is 11.7. The highest BCUT2D eigenvalue weighted by Crippen LogP contribution is 2.31. The van der Waals surface area contributed by atoms with Crippen molar-refractivity contribution in [3.63, 3.8) is 0 Å². The molecule has 2 rings (SSSR count). The molecule has 0 bridgehead atoms. The van der Waals surface area contributed by atoms with Gasteiger partial charge in [0.05, 0.1) is 18.9 Å². The first-order valence-electron chi connectivity index (χ1n) is 5.52. The maximum Gasteiger partial charge on any atom is 0.338 e. The molecule has 7 heteroatoms. The summed E-state index contributed by atoms with van der Waals surface area (Å²) in [6, 6.07) is 8.02. The average molecular weight is 359 g/mol. The molecule has 0 saturated carbocycles. The van der Waals surface area contributed by atoms with Crippen molar-refractivity contribution < 1.29 is 22.1 Å². The third kappa shape index (κ3) is 3.10. The maximum absolute atomic E-state index is 11.7. The van der Waals surface area contributed by atoms with E-state index in [1.54, 1.807) is 18.2 Å². The van der Waals surface area contributed by atoms with E-state index >= 15 is 0 Å². The van der Waals surface area contributed by atoms with Gasteiger partial charge >= 0.3 is 16.1 Å². The van der Waals surface area contributed by atoms with Crippen molar-refractivity contribution in [1.82, 2.24) is 0 Å². The molecule has 5 nitrogen and oxygen atoms in total. The molecule has 106 valence electrons. The van der Waals surface area contributed by atoms with Gasteiger partial charge in [0.2, 0.25) is 0 Å². The Hall–Kier alpha value is -1.60. The monoisotopic (exact) mass is 358 g/mol. The number of ether oxygens (including phenoxy) is 1. The van der Waals surface area contributed by atoms with Gasteiger partial charge in [-0.15, -0.1) is 0 Å². The predicted molar refractivity (Wildman–Crippen MR) is 78.5 cm³/mol. The van der Waals surface area contributed by atoms with Gasteiger partial charge in [0.15, 0.2) is 0 Å². The third-order valence-electron chi connectivity index (χ3n) is 2.59. The number of methoxy groups -OCH3 is 1. The normalized spacial score (nSPS) is 11.3. The summed E-state index contributed by atoms with van der Waals surface area (Å²) in [5.41, 5.74) is 0.338. The molecule has 0 heterocycles. The van der Waals surface area contributed by atoms with Crippen LogP contribution in [0.5, 0.6) is 5.75 Å². The van der Waals surface area contributed by atoms with E-state index in [0.717, 1.165) is 16.1 Å². The number of fused-ring (bicyclic) bond motifs is 1. The fraction of sp³-hybridized carbons (Fsp3) is 0.154. The summed E-state index contributed by atoms with van der Waals surface area (Å²) in [6.45, 7) is 0. The quantitative estimate of drug-likeness (QED) is 0.623. The minimum absolute atomic E-state index is 0.142. The molecule has 0 radical (unpaired) electrons. The molecule has 0 fully saturated rings. The molecule has 0 amide bonds. The SMILES string of the molecule is COC(=O)c1ccc(Br)c2ccc(OS(C)(=O)=O)cc12. The Morgan fingerprint density at radius 3 is 2.45 bits per heavy atom. The zero-order chi connectivity index (χ0) is 14.9. The van der Waals surface area contributed by atoms with Gasteiger partial charge in [-0.2, -0.15) is 8.42 Å². The third-order valence-corrected chi connectivity index (χ3v) is 3.77. The van der Waals surface area contributed by atoms with E-state index < -0.39 is 16.1 Å². The Balaban J connectivity index is 2.67.